The predicted octanol–water partition coefficient (Wildman–Crippen LogP) is 15.7. The van der Waals surface area contributed by atoms with Crippen LogP contribution in [-0.4, -0.2) is 47.4 Å². The lowest BCUT2D eigenvalue weighted by Gasteiger charge is -2.22. The van der Waals surface area contributed by atoms with Crippen molar-refractivity contribution >= 4 is 11.9 Å². The van der Waals surface area contributed by atoms with Crippen molar-refractivity contribution in [3.8, 4) is 0 Å². The van der Waals surface area contributed by atoms with Gasteiger partial charge in [-0.3, -0.25) is 9.59 Å². The van der Waals surface area contributed by atoms with E-state index in [1.54, 1.807) is 0 Å². The van der Waals surface area contributed by atoms with E-state index in [9.17, 15) is 19.8 Å². The third-order valence-corrected chi connectivity index (χ3v) is 12.3. The number of carbonyl (C=O) groups is 2. The van der Waals surface area contributed by atoms with E-state index in [-0.39, 0.29) is 18.5 Å². The van der Waals surface area contributed by atoms with Crippen molar-refractivity contribution in [3.63, 3.8) is 0 Å². The fourth-order valence-corrected chi connectivity index (χ4v) is 8.22. The number of amides is 1. The number of nitrogens with one attached hydrogen (secondary N) is 1. The molecule has 2 atom stereocenters. The highest BCUT2D eigenvalue weighted by Gasteiger charge is 2.20. The van der Waals surface area contributed by atoms with Crippen LogP contribution in [0.4, 0.5) is 0 Å². The van der Waals surface area contributed by atoms with Crippen molar-refractivity contribution in [2.24, 2.45) is 0 Å². The van der Waals surface area contributed by atoms with Gasteiger partial charge in [0.1, 0.15) is 0 Å². The number of esters is 1. The molecule has 6 heteroatoms. The monoisotopic (exact) mass is 834 g/mol. The lowest BCUT2D eigenvalue weighted by atomic mass is 10.0. The maximum absolute atomic E-state index is 12.5. The zero-order valence-electron chi connectivity index (χ0n) is 39.7. The number of rotatable bonds is 49. The fraction of sp³-hybridized carbons (Fsp3) is 0.925. The number of unbranched alkanes of at least 4 members (excludes halogenated alkanes) is 36. The number of aliphatic hydroxyl groups excluding tert-OH is 2. The van der Waals surface area contributed by atoms with Crippen molar-refractivity contribution < 1.29 is 24.5 Å². The van der Waals surface area contributed by atoms with Crippen molar-refractivity contribution in [1.29, 1.82) is 0 Å². The molecule has 2 unspecified atom stereocenters. The van der Waals surface area contributed by atoms with Gasteiger partial charge < -0.3 is 20.3 Å². The Labute approximate surface area is 368 Å². The molecule has 6 nitrogen and oxygen atoms in total. The van der Waals surface area contributed by atoms with Gasteiger partial charge in [0.05, 0.1) is 25.4 Å². The molecule has 350 valence electrons. The highest BCUT2D eigenvalue weighted by atomic mass is 16.5. The third kappa shape index (κ3) is 45.9. The fourth-order valence-electron chi connectivity index (χ4n) is 8.22. The predicted molar refractivity (Wildman–Crippen MR) is 255 cm³/mol. The summed E-state index contributed by atoms with van der Waals surface area (Å²) < 4.78 is 5.46. The third-order valence-electron chi connectivity index (χ3n) is 12.3. The first kappa shape index (κ1) is 57.6. The summed E-state index contributed by atoms with van der Waals surface area (Å²) in [6, 6.07) is -0.550. The van der Waals surface area contributed by atoms with Crippen LogP contribution in [0.15, 0.2) is 12.2 Å². The highest BCUT2D eigenvalue weighted by Crippen LogP contribution is 2.17. The van der Waals surface area contributed by atoms with Gasteiger partial charge in [-0.25, -0.2) is 0 Å². The first-order valence-electron chi connectivity index (χ1n) is 26.4. The van der Waals surface area contributed by atoms with Crippen LogP contribution in [0, 0.1) is 0 Å². The van der Waals surface area contributed by atoms with Crippen LogP contribution in [0.3, 0.4) is 0 Å². The molecule has 0 aliphatic carbocycles. The van der Waals surface area contributed by atoms with Crippen LogP contribution in [0.25, 0.3) is 0 Å². The maximum atomic E-state index is 12.5. The van der Waals surface area contributed by atoms with E-state index >= 15 is 0 Å². The molecule has 0 aliphatic heterocycles. The topological polar surface area (TPSA) is 95.9 Å². The molecule has 0 heterocycles. The maximum Gasteiger partial charge on any atom is 0.305 e. The SMILES string of the molecule is CCCCCCC/C=C\CCCCCCCC(=O)OCCCCCCCCCCCCCCCC(=O)NC(CO)C(O)CCCCCCCCCCCCCCCCC. The summed E-state index contributed by atoms with van der Waals surface area (Å²) in [6.07, 6.45) is 56.0. The number of hydrogen-bond donors (Lipinski definition) is 3. The molecule has 0 saturated carbocycles. The van der Waals surface area contributed by atoms with Crippen molar-refractivity contribution in [2.75, 3.05) is 13.2 Å². The Hall–Kier alpha value is -1.40. The lowest BCUT2D eigenvalue weighted by Crippen LogP contribution is -2.45. The summed E-state index contributed by atoms with van der Waals surface area (Å²) in [7, 11) is 0. The zero-order valence-corrected chi connectivity index (χ0v) is 39.7. The molecular formula is C53H103NO5. The summed E-state index contributed by atoms with van der Waals surface area (Å²) in [4.78, 5) is 24.5. The first-order chi connectivity index (χ1) is 29.0. The Balaban J connectivity index is 3.45. The van der Waals surface area contributed by atoms with E-state index in [1.807, 2.05) is 0 Å². The van der Waals surface area contributed by atoms with Crippen LogP contribution in [-0.2, 0) is 14.3 Å². The number of hydrogen-bond acceptors (Lipinski definition) is 5. The van der Waals surface area contributed by atoms with Crippen molar-refractivity contribution in [1.82, 2.24) is 5.32 Å². The summed E-state index contributed by atoms with van der Waals surface area (Å²) in [5.74, 6) is -0.0604. The molecule has 0 radical (unpaired) electrons. The Morgan fingerprint density at radius 3 is 1.20 bits per heavy atom. The van der Waals surface area contributed by atoms with Gasteiger partial charge in [-0.1, -0.05) is 238 Å². The lowest BCUT2D eigenvalue weighted by molar-refractivity contribution is -0.143. The summed E-state index contributed by atoms with van der Waals surface area (Å²) >= 11 is 0. The Bertz CT molecular complexity index is 878. The molecule has 0 rings (SSSR count). The van der Waals surface area contributed by atoms with E-state index in [4.69, 9.17) is 4.74 Å². The Kier molecular flexibility index (Phi) is 48.1. The van der Waals surface area contributed by atoms with Crippen LogP contribution in [0.1, 0.15) is 290 Å². The quantitative estimate of drug-likeness (QED) is 0.0322. The van der Waals surface area contributed by atoms with Gasteiger partial charge in [-0.2, -0.15) is 0 Å². The van der Waals surface area contributed by atoms with Gasteiger partial charge in [0.2, 0.25) is 5.91 Å². The van der Waals surface area contributed by atoms with Crippen molar-refractivity contribution in [2.45, 2.75) is 302 Å². The summed E-state index contributed by atoms with van der Waals surface area (Å²) in [5.41, 5.74) is 0. The second-order valence-electron chi connectivity index (χ2n) is 18.2. The molecule has 0 aliphatic rings. The second kappa shape index (κ2) is 49.3. The molecule has 0 bridgehead atoms. The van der Waals surface area contributed by atoms with E-state index < -0.39 is 12.1 Å². The standard InChI is InChI=1S/C53H103NO5/c1-3-5-7-9-11-13-15-17-19-21-25-29-33-37-41-45-51(56)50(49-55)54-52(57)46-42-38-34-30-26-22-20-24-28-32-36-40-44-48-59-53(58)47-43-39-35-31-27-23-18-16-14-12-10-8-6-4-2/h16,18,50-51,55-56H,3-15,17,19-49H2,1-2H3,(H,54,57)/b18-16-. The smallest absolute Gasteiger partial charge is 0.305 e. The summed E-state index contributed by atoms with van der Waals surface area (Å²) in [6.45, 7) is 4.92. The Morgan fingerprint density at radius 1 is 0.458 bits per heavy atom. The highest BCUT2D eigenvalue weighted by molar-refractivity contribution is 5.76. The minimum Gasteiger partial charge on any atom is -0.466 e. The zero-order chi connectivity index (χ0) is 43.0. The minimum atomic E-state index is -0.672. The van der Waals surface area contributed by atoms with Gasteiger partial charge in [0.25, 0.3) is 0 Å². The molecule has 59 heavy (non-hydrogen) atoms. The molecule has 3 N–H and O–H groups in total. The van der Waals surface area contributed by atoms with Gasteiger partial charge in [0, 0.05) is 12.8 Å². The number of ether oxygens (including phenoxy) is 1. The van der Waals surface area contributed by atoms with Gasteiger partial charge in [-0.05, 0) is 51.4 Å². The Morgan fingerprint density at radius 2 is 0.797 bits per heavy atom. The van der Waals surface area contributed by atoms with E-state index in [1.165, 1.54) is 205 Å². The van der Waals surface area contributed by atoms with Crippen LogP contribution in [0.2, 0.25) is 0 Å². The van der Waals surface area contributed by atoms with Gasteiger partial charge in [0.15, 0.2) is 0 Å². The van der Waals surface area contributed by atoms with Gasteiger partial charge >= 0.3 is 5.97 Å². The number of aliphatic hydroxyl groups is 2. The average molecular weight is 834 g/mol. The van der Waals surface area contributed by atoms with E-state index in [2.05, 4.69) is 31.3 Å². The normalized spacial score (nSPS) is 12.7. The van der Waals surface area contributed by atoms with Crippen molar-refractivity contribution in [3.05, 3.63) is 12.2 Å². The molecule has 0 fully saturated rings. The summed E-state index contributed by atoms with van der Waals surface area (Å²) in [5, 5.41) is 23.2. The van der Waals surface area contributed by atoms with E-state index in [0.717, 1.165) is 51.4 Å². The first-order valence-corrected chi connectivity index (χ1v) is 26.4. The molecule has 0 spiro atoms. The molecule has 0 aromatic heterocycles. The molecule has 1 amide bonds. The minimum absolute atomic E-state index is 0.0136. The molecule has 0 aromatic rings. The van der Waals surface area contributed by atoms with Crippen LogP contribution < -0.4 is 5.32 Å². The molecule has 0 aromatic carbocycles. The number of carbonyl (C=O) groups excluding carboxylic acids is 2. The molecular weight excluding hydrogens is 731 g/mol. The van der Waals surface area contributed by atoms with Crippen LogP contribution in [0.5, 0.6) is 0 Å². The van der Waals surface area contributed by atoms with Gasteiger partial charge in [-0.15, -0.1) is 0 Å². The number of allylic oxidation sites excluding steroid dienone is 2. The average Bonchev–Trinajstić information content (AvgIpc) is 3.24. The second-order valence-corrected chi connectivity index (χ2v) is 18.2. The van der Waals surface area contributed by atoms with E-state index in [0.29, 0.717) is 25.9 Å². The van der Waals surface area contributed by atoms with Crippen LogP contribution >= 0.6 is 0 Å². The molecule has 0 saturated heterocycles. The largest absolute Gasteiger partial charge is 0.466 e.